The third-order valence-electron chi connectivity index (χ3n) is 3.27. The van der Waals surface area contributed by atoms with Crippen LogP contribution >= 0.6 is 10.2 Å². The van der Waals surface area contributed by atoms with E-state index in [1.165, 1.54) is 6.07 Å². The number of hydrogen-bond donors (Lipinski definition) is 0. The van der Waals surface area contributed by atoms with E-state index in [9.17, 15) is 23.8 Å². The maximum Gasteiger partial charge on any atom is 0.313 e. The molecule has 0 spiro atoms. The van der Waals surface area contributed by atoms with Gasteiger partial charge in [0.2, 0.25) is 0 Å². The lowest BCUT2D eigenvalue weighted by Crippen LogP contribution is -2.14. The summed E-state index contributed by atoms with van der Waals surface area (Å²) in [5.74, 6) is -1.82. The normalized spacial score (nSPS) is 15.2. The number of allylic oxidation sites excluding steroid dienone is 1. The summed E-state index contributed by atoms with van der Waals surface area (Å²) < 4.78 is 80.0. The van der Waals surface area contributed by atoms with Gasteiger partial charge in [-0.15, -0.1) is 6.58 Å². The van der Waals surface area contributed by atoms with Crippen molar-refractivity contribution in [2.75, 3.05) is 0 Å². The summed E-state index contributed by atoms with van der Waals surface area (Å²) in [5, 5.41) is 0. The van der Waals surface area contributed by atoms with Gasteiger partial charge in [0.1, 0.15) is 10.7 Å². The first-order chi connectivity index (χ1) is 9.90. The van der Waals surface area contributed by atoms with Crippen LogP contribution in [-0.2, 0) is 12.8 Å². The summed E-state index contributed by atoms with van der Waals surface area (Å²) in [6.45, 7) is 5.05. The molecule has 0 aliphatic carbocycles. The lowest BCUT2D eigenvalue weighted by molar-refractivity contribution is 0.352. The van der Waals surface area contributed by atoms with E-state index in [0.717, 1.165) is 6.07 Å². The highest BCUT2D eigenvalue weighted by molar-refractivity contribution is 8.45. The number of unbranched alkanes of at least 4 members (excludes halogenated alkanes) is 2. The number of halogens is 6. The molecule has 0 aromatic heterocycles. The van der Waals surface area contributed by atoms with Crippen molar-refractivity contribution < 1.29 is 23.8 Å². The van der Waals surface area contributed by atoms with Crippen molar-refractivity contribution in [1.82, 2.24) is 0 Å². The molecule has 0 bridgehead atoms. The number of benzene rings is 1. The number of rotatable bonds is 8. The number of aryl methyl sites for hydroxylation is 2. The lowest BCUT2D eigenvalue weighted by atomic mass is 10.0. The van der Waals surface area contributed by atoms with Gasteiger partial charge in [0.05, 0.1) is 0 Å². The van der Waals surface area contributed by atoms with Gasteiger partial charge in [0.15, 0.2) is 0 Å². The van der Waals surface area contributed by atoms with Gasteiger partial charge in [0, 0.05) is 0 Å². The predicted octanol–water partition coefficient (Wildman–Crippen LogP) is 7.33. The van der Waals surface area contributed by atoms with Crippen LogP contribution in [0, 0.1) is 5.82 Å². The third kappa shape index (κ3) is 4.97. The molecule has 0 aliphatic heterocycles. The molecule has 1 aromatic carbocycles. The molecule has 0 atom stereocenters. The largest absolute Gasteiger partial charge is 0.313 e. The molecular formula is C15H20F6S. The van der Waals surface area contributed by atoms with Gasteiger partial charge in [-0.2, -0.15) is 0 Å². The van der Waals surface area contributed by atoms with Crippen molar-refractivity contribution in [2.24, 2.45) is 0 Å². The predicted molar refractivity (Wildman–Crippen MR) is 79.5 cm³/mol. The van der Waals surface area contributed by atoms with Crippen LogP contribution in [0.15, 0.2) is 29.7 Å². The topological polar surface area (TPSA) is 0 Å². The monoisotopic (exact) mass is 346 g/mol. The molecule has 0 fully saturated rings. The molecule has 1 rings (SSSR count). The first kappa shape index (κ1) is 18.9. The molecule has 0 saturated carbocycles. The second-order valence-corrected chi connectivity index (χ2v) is 7.63. The summed E-state index contributed by atoms with van der Waals surface area (Å²) >= 11 is 0. The minimum absolute atomic E-state index is 0.00703. The van der Waals surface area contributed by atoms with Crippen LogP contribution in [0.3, 0.4) is 0 Å². The van der Waals surface area contributed by atoms with Crippen LogP contribution < -0.4 is 0 Å². The van der Waals surface area contributed by atoms with Gasteiger partial charge in [-0.3, -0.25) is 0 Å². The summed E-state index contributed by atoms with van der Waals surface area (Å²) in [6, 6.07) is 2.16. The Bertz CT molecular complexity index is 547. The highest BCUT2D eigenvalue weighted by atomic mass is 32.5. The van der Waals surface area contributed by atoms with E-state index in [1.54, 1.807) is 13.0 Å². The molecule has 0 radical (unpaired) electrons. The molecule has 0 nitrogen and oxygen atoms in total. The Hall–Kier alpha value is -1.11. The van der Waals surface area contributed by atoms with E-state index in [1.807, 2.05) is 0 Å². The zero-order valence-corrected chi connectivity index (χ0v) is 13.2. The van der Waals surface area contributed by atoms with Crippen molar-refractivity contribution in [3.8, 4) is 0 Å². The molecule has 128 valence electrons. The highest BCUT2D eigenvalue weighted by Gasteiger charge is 2.68. The van der Waals surface area contributed by atoms with E-state index in [0.29, 0.717) is 19.3 Å². The molecule has 0 aliphatic rings. The van der Waals surface area contributed by atoms with Gasteiger partial charge >= 0.3 is 10.2 Å². The second kappa shape index (κ2) is 5.83. The first-order valence-electron chi connectivity index (χ1n) is 7.06. The molecule has 0 N–H and O–H groups in total. The van der Waals surface area contributed by atoms with E-state index < -0.39 is 26.5 Å². The molecule has 0 heterocycles. The molecule has 0 saturated heterocycles. The molecule has 1 aromatic rings. The maximum absolute atomic E-state index is 14.2. The van der Waals surface area contributed by atoms with Crippen LogP contribution in [-0.4, -0.2) is 0 Å². The number of hydrogen-bond acceptors (Lipinski definition) is 0. The quantitative estimate of drug-likeness (QED) is 0.262. The van der Waals surface area contributed by atoms with E-state index >= 15 is 0 Å². The minimum atomic E-state index is -10.1. The average molecular weight is 346 g/mol. The van der Waals surface area contributed by atoms with Gasteiger partial charge in [-0.1, -0.05) is 51.0 Å². The van der Waals surface area contributed by atoms with Gasteiger partial charge < -0.3 is 0 Å². The lowest BCUT2D eigenvalue weighted by Gasteiger charge is -2.42. The van der Waals surface area contributed by atoms with Crippen molar-refractivity contribution in [2.45, 2.75) is 50.3 Å². The van der Waals surface area contributed by atoms with Crippen LogP contribution in [0.1, 0.15) is 43.7 Å². The summed E-state index contributed by atoms with van der Waals surface area (Å²) in [7, 11) is -10.1. The van der Waals surface area contributed by atoms with E-state index in [-0.39, 0.29) is 24.8 Å². The van der Waals surface area contributed by atoms with Gasteiger partial charge in [-0.25, -0.2) is 4.39 Å². The fourth-order valence-electron chi connectivity index (χ4n) is 2.32. The smallest absolute Gasteiger partial charge is 0.205 e. The highest BCUT2D eigenvalue weighted by Crippen LogP contribution is 3.02. The fourth-order valence-corrected chi connectivity index (χ4v) is 3.45. The van der Waals surface area contributed by atoms with Crippen molar-refractivity contribution in [3.63, 3.8) is 0 Å². The van der Waals surface area contributed by atoms with Crippen LogP contribution in [0.25, 0.3) is 0 Å². The summed E-state index contributed by atoms with van der Waals surface area (Å²) in [6.07, 6.45) is 3.28. The standard InChI is InChI=1S/C15H20F6S/c1-3-5-6-7-9-12-10-11-13(8-4-2)15(14(12)16)22(17,18,19,20)21/h3,10-11H,1,4-9H2,2H3. The van der Waals surface area contributed by atoms with Crippen LogP contribution in [0.2, 0.25) is 0 Å². The molecule has 7 heteroatoms. The Labute approximate surface area is 126 Å². The van der Waals surface area contributed by atoms with E-state index in [4.69, 9.17) is 0 Å². The third-order valence-corrected chi connectivity index (χ3v) is 4.48. The zero-order chi connectivity index (χ0) is 17.1. The SMILES string of the molecule is C=CCCCCc1ccc(CCC)c(S(F)(F)(F)(F)F)c1F. The van der Waals surface area contributed by atoms with Crippen molar-refractivity contribution in [1.29, 1.82) is 0 Å². The Morgan fingerprint density at radius 1 is 1.00 bits per heavy atom. The maximum atomic E-state index is 14.2. The summed E-state index contributed by atoms with van der Waals surface area (Å²) in [5.41, 5.74) is -0.985. The van der Waals surface area contributed by atoms with Gasteiger partial charge in [0.25, 0.3) is 0 Å². The second-order valence-electron chi connectivity index (χ2n) is 5.28. The molecular weight excluding hydrogens is 326 g/mol. The first-order valence-corrected chi connectivity index (χ1v) is 9.01. The molecule has 22 heavy (non-hydrogen) atoms. The Morgan fingerprint density at radius 2 is 1.59 bits per heavy atom. The van der Waals surface area contributed by atoms with Crippen LogP contribution in [0.4, 0.5) is 23.8 Å². The van der Waals surface area contributed by atoms with Crippen molar-refractivity contribution in [3.05, 3.63) is 41.7 Å². The van der Waals surface area contributed by atoms with E-state index in [2.05, 4.69) is 6.58 Å². The van der Waals surface area contributed by atoms with Crippen molar-refractivity contribution >= 4 is 10.2 Å². The minimum Gasteiger partial charge on any atom is -0.205 e. The molecule has 0 amide bonds. The Morgan fingerprint density at radius 3 is 2.09 bits per heavy atom. The average Bonchev–Trinajstić information content (AvgIpc) is 2.34. The molecule has 0 unspecified atom stereocenters. The Balaban J connectivity index is 3.30. The van der Waals surface area contributed by atoms with Crippen LogP contribution in [0.5, 0.6) is 0 Å². The summed E-state index contributed by atoms with van der Waals surface area (Å²) in [4.78, 5) is -2.33. The fraction of sp³-hybridized carbons (Fsp3) is 0.467. The Kier molecular flexibility index (Phi) is 5.02. The van der Waals surface area contributed by atoms with Gasteiger partial charge in [-0.05, 0) is 43.2 Å². The zero-order valence-electron chi connectivity index (χ0n) is 12.4.